The van der Waals surface area contributed by atoms with E-state index in [2.05, 4.69) is 26.2 Å². The molecular formula is C10H9BrFN3O2S. The predicted molar refractivity (Wildman–Crippen MR) is 66.0 cm³/mol. The molecule has 96 valence electrons. The number of benzene rings is 1. The average Bonchev–Trinajstić information content (AvgIpc) is 2.71. The second kappa shape index (κ2) is 4.77. The van der Waals surface area contributed by atoms with Crippen molar-refractivity contribution in [2.45, 2.75) is 10.8 Å². The molecule has 0 saturated carbocycles. The van der Waals surface area contributed by atoms with E-state index in [0.717, 1.165) is 10.9 Å². The van der Waals surface area contributed by atoms with Crippen molar-refractivity contribution in [3.8, 4) is 0 Å². The van der Waals surface area contributed by atoms with Crippen LogP contribution in [0.5, 0.6) is 0 Å². The highest BCUT2D eigenvalue weighted by Gasteiger charge is 2.22. The van der Waals surface area contributed by atoms with E-state index >= 15 is 0 Å². The summed E-state index contributed by atoms with van der Waals surface area (Å²) in [4.78, 5) is 0. The fourth-order valence-corrected chi connectivity index (χ4v) is 3.63. The van der Waals surface area contributed by atoms with Gasteiger partial charge in [-0.2, -0.15) is 0 Å². The summed E-state index contributed by atoms with van der Waals surface area (Å²) in [5.41, 5.74) is 0.0960. The van der Waals surface area contributed by atoms with Gasteiger partial charge in [0.15, 0.2) is 5.03 Å². The standard InChI is InChI=1S/C10H9BrFN3O2S/c1-15-10(5-13-14-15)18(16,17)6-7-8(11)3-2-4-9(7)12/h2-5H,6H2,1H3. The quantitative estimate of drug-likeness (QED) is 0.857. The van der Waals surface area contributed by atoms with Crippen molar-refractivity contribution >= 4 is 25.8 Å². The third kappa shape index (κ3) is 2.44. The molecule has 0 fully saturated rings. The monoisotopic (exact) mass is 333 g/mol. The lowest BCUT2D eigenvalue weighted by molar-refractivity contribution is 0.568. The molecule has 0 aliphatic heterocycles. The molecule has 0 aliphatic carbocycles. The fourth-order valence-electron chi connectivity index (χ4n) is 1.50. The summed E-state index contributed by atoms with van der Waals surface area (Å²) in [6.07, 6.45) is 1.14. The van der Waals surface area contributed by atoms with Crippen LogP contribution in [0.2, 0.25) is 0 Å². The van der Waals surface area contributed by atoms with Gasteiger partial charge in [0.05, 0.1) is 11.9 Å². The van der Waals surface area contributed by atoms with Crippen LogP contribution in [0.3, 0.4) is 0 Å². The van der Waals surface area contributed by atoms with Gasteiger partial charge in [-0.3, -0.25) is 0 Å². The molecule has 8 heteroatoms. The Hall–Kier alpha value is -1.28. The van der Waals surface area contributed by atoms with Gasteiger partial charge in [-0.25, -0.2) is 17.5 Å². The highest BCUT2D eigenvalue weighted by molar-refractivity contribution is 9.10. The van der Waals surface area contributed by atoms with Gasteiger partial charge in [0.2, 0.25) is 9.84 Å². The molecule has 0 bridgehead atoms. The number of nitrogens with zero attached hydrogens (tertiary/aromatic N) is 3. The first-order valence-electron chi connectivity index (χ1n) is 4.92. The van der Waals surface area contributed by atoms with Crippen molar-refractivity contribution in [3.05, 3.63) is 40.2 Å². The Morgan fingerprint density at radius 1 is 1.44 bits per heavy atom. The zero-order valence-electron chi connectivity index (χ0n) is 9.34. The van der Waals surface area contributed by atoms with Crippen LogP contribution >= 0.6 is 15.9 Å². The zero-order chi connectivity index (χ0) is 13.3. The first-order valence-corrected chi connectivity index (χ1v) is 7.36. The molecule has 0 unspecified atom stereocenters. The fraction of sp³-hybridized carbons (Fsp3) is 0.200. The third-order valence-corrected chi connectivity index (χ3v) is 4.81. The van der Waals surface area contributed by atoms with Gasteiger partial charge in [0, 0.05) is 17.1 Å². The maximum atomic E-state index is 13.6. The first kappa shape index (κ1) is 13.2. The van der Waals surface area contributed by atoms with Gasteiger partial charge >= 0.3 is 0 Å². The third-order valence-electron chi connectivity index (χ3n) is 2.39. The summed E-state index contributed by atoms with van der Waals surface area (Å²) in [6, 6.07) is 4.31. The maximum absolute atomic E-state index is 13.6. The van der Waals surface area contributed by atoms with Crippen molar-refractivity contribution < 1.29 is 12.8 Å². The lowest BCUT2D eigenvalue weighted by Crippen LogP contribution is -2.11. The molecular weight excluding hydrogens is 325 g/mol. The molecule has 0 atom stereocenters. The largest absolute Gasteiger partial charge is 0.237 e. The lowest BCUT2D eigenvalue weighted by atomic mass is 10.2. The minimum Gasteiger partial charge on any atom is -0.237 e. The van der Waals surface area contributed by atoms with E-state index in [9.17, 15) is 12.8 Å². The van der Waals surface area contributed by atoms with Crippen LogP contribution in [-0.2, 0) is 22.6 Å². The number of hydrogen-bond acceptors (Lipinski definition) is 4. The van der Waals surface area contributed by atoms with Crippen LogP contribution in [0.4, 0.5) is 4.39 Å². The molecule has 0 spiro atoms. The van der Waals surface area contributed by atoms with Gasteiger partial charge < -0.3 is 0 Å². The van der Waals surface area contributed by atoms with E-state index in [1.165, 1.54) is 19.2 Å². The Kier molecular flexibility index (Phi) is 3.49. The van der Waals surface area contributed by atoms with Crippen molar-refractivity contribution in [2.75, 3.05) is 0 Å². The first-order chi connectivity index (χ1) is 8.42. The molecule has 1 heterocycles. The number of rotatable bonds is 3. The van der Waals surface area contributed by atoms with Crippen molar-refractivity contribution in [1.29, 1.82) is 0 Å². The molecule has 5 nitrogen and oxygen atoms in total. The van der Waals surface area contributed by atoms with E-state index in [4.69, 9.17) is 0 Å². The Bertz CT molecular complexity index is 664. The Morgan fingerprint density at radius 3 is 2.72 bits per heavy atom. The Balaban J connectivity index is 2.44. The van der Waals surface area contributed by atoms with Gasteiger partial charge in [0.1, 0.15) is 5.82 Å². The SMILES string of the molecule is Cn1nncc1S(=O)(=O)Cc1c(F)cccc1Br. The van der Waals surface area contributed by atoms with Crippen LogP contribution < -0.4 is 0 Å². The Labute approximate surface area is 112 Å². The summed E-state index contributed by atoms with van der Waals surface area (Å²) in [7, 11) is -2.21. The zero-order valence-corrected chi connectivity index (χ0v) is 11.7. The minimum atomic E-state index is -3.68. The smallest absolute Gasteiger partial charge is 0.201 e. The van der Waals surface area contributed by atoms with Crippen LogP contribution in [0, 0.1) is 5.82 Å². The number of halogens is 2. The molecule has 0 radical (unpaired) electrons. The number of sulfone groups is 1. The Morgan fingerprint density at radius 2 is 2.17 bits per heavy atom. The van der Waals surface area contributed by atoms with E-state index in [1.807, 2.05) is 0 Å². The van der Waals surface area contributed by atoms with Gasteiger partial charge in [-0.15, -0.1) is 5.10 Å². The van der Waals surface area contributed by atoms with Crippen LogP contribution in [-0.4, -0.2) is 23.4 Å². The van der Waals surface area contributed by atoms with Crippen molar-refractivity contribution in [3.63, 3.8) is 0 Å². The van der Waals surface area contributed by atoms with Crippen LogP contribution in [0.25, 0.3) is 0 Å². The number of hydrogen-bond donors (Lipinski definition) is 0. The number of aryl methyl sites for hydroxylation is 1. The second-order valence-corrected chi connectivity index (χ2v) is 6.45. The van der Waals surface area contributed by atoms with E-state index in [0.29, 0.717) is 4.47 Å². The highest BCUT2D eigenvalue weighted by Crippen LogP contribution is 2.24. The predicted octanol–water partition coefficient (Wildman–Crippen LogP) is 1.69. The van der Waals surface area contributed by atoms with Crippen molar-refractivity contribution in [1.82, 2.24) is 15.0 Å². The molecule has 0 aliphatic rings. The van der Waals surface area contributed by atoms with Gasteiger partial charge in [-0.05, 0) is 12.1 Å². The molecule has 1 aromatic carbocycles. The molecule has 0 saturated heterocycles. The molecule has 2 aromatic rings. The summed E-state index contributed by atoms with van der Waals surface area (Å²) in [5, 5.41) is 7.01. The number of aromatic nitrogens is 3. The maximum Gasteiger partial charge on any atom is 0.201 e. The molecule has 2 rings (SSSR count). The molecule has 0 N–H and O–H groups in total. The average molecular weight is 334 g/mol. The van der Waals surface area contributed by atoms with Gasteiger partial charge in [0.25, 0.3) is 0 Å². The highest BCUT2D eigenvalue weighted by atomic mass is 79.9. The summed E-state index contributed by atoms with van der Waals surface area (Å²) in [5.74, 6) is -1.01. The second-order valence-electron chi connectivity index (χ2n) is 3.66. The van der Waals surface area contributed by atoms with Crippen LogP contribution in [0.1, 0.15) is 5.56 Å². The van der Waals surface area contributed by atoms with Gasteiger partial charge in [-0.1, -0.05) is 27.2 Å². The lowest BCUT2D eigenvalue weighted by Gasteiger charge is -2.07. The van der Waals surface area contributed by atoms with Crippen LogP contribution in [0.15, 0.2) is 33.9 Å². The van der Waals surface area contributed by atoms with E-state index < -0.39 is 21.4 Å². The normalized spacial score (nSPS) is 11.7. The molecule has 1 aromatic heterocycles. The van der Waals surface area contributed by atoms with Crippen molar-refractivity contribution in [2.24, 2.45) is 7.05 Å². The molecule has 18 heavy (non-hydrogen) atoms. The summed E-state index contributed by atoms with van der Waals surface area (Å²) >= 11 is 3.14. The minimum absolute atomic E-state index is 0.0438. The summed E-state index contributed by atoms with van der Waals surface area (Å²) < 4.78 is 39.4. The topological polar surface area (TPSA) is 64.8 Å². The van der Waals surface area contributed by atoms with E-state index in [-0.39, 0.29) is 10.6 Å². The summed E-state index contributed by atoms with van der Waals surface area (Å²) in [6.45, 7) is 0. The molecule has 0 amide bonds. The van der Waals surface area contributed by atoms with E-state index in [1.54, 1.807) is 6.07 Å².